The summed E-state index contributed by atoms with van der Waals surface area (Å²) < 4.78 is 42.5. The van der Waals surface area contributed by atoms with Crippen molar-refractivity contribution in [1.29, 1.82) is 0 Å². The maximum atomic E-state index is 14.7. The third-order valence-electron chi connectivity index (χ3n) is 7.57. The van der Waals surface area contributed by atoms with Gasteiger partial charge in [-0.2, -0.15) is 0 Å². The normalized spacial score (nSPS) is 45.3. The van der Waals surface area contributed by atoms with Crippen molar-refractivity contribution < 1.29 is 13.2 Å². The summed E-state index contributed by atoms with van der Waals surface area (Å²) >= 11 is 0. The number of allylic oxidation sites excluding steroid dienone is 3. The number of rotatable bonds is 4. The zero-order valence-electron chi connectivity index (χ0n) is 16.2. The Hall–Kier alpha value is -0.730. The SMILES string of the molecule is C=CC1CCC(C2CCC(/C(F)=C/C3CC(F)C(C)C(F)C3)CC2)CC1. The summed E-state index contributed by atoms with van der Waals surface area (Å²) in [6.07, 6.45) is 11.0. The van der Waals surface area contributed by atoms with Gasteiger partial charge in [0.2, 0.25) is 0 Å². The van der Waals surface area contributed by atoms with E-state index in [-0.39, 0.29) is 30.5 Å². The number of alkyl halides is 2. The van der Waals surface area contributed by atoms with Crippen LogP contribution in [0.2, 0.25) is 0 Å². The first-order chi connectivity index (χ1) is 12.5. The molecular weight excluding hydrogens is 333 g/mol. The first kappa shape index (κ1) is 20.0. The van der Waals surface area contributed by atoms with Gasteiger partial charge in [0.25, 0.3) is 0 Å². The summed E-state index contributed by atoms with van der Waals surface area (Å²) in [5.74, 6) is 1.30. The van der Waals surface area contributed by atoms with E-state index in [2.05, 4.69) is 12.7 Å². The third-order valence-corrected chi connectivity index (χ3v) is 7.57. The lowest BCUT2D eigenvalue weighted by Gasteiger charge is -2.37. The lowest BCUT2D eigenvalue weighted by Crippen LogP contribution is -2.33. The molecule has 3 saturated carbocycles. The quantitative estimate of drug-likeness (QED) is 0.455. The van der Waals surface area contributed by atoms with Crippen LogP contribution in [-0.4, -0.2) is 12.3 Å². The zero-order chi connectivity index (χ0) is 18.7. The van der Waals surface area contributed by atoms with Gasteiger partial charge in [0, 0.05) is 11.8 Å². The van der Waals surface area contributed by atoms with Crippen molar-refractivity contribution >= 4 is 0 Å². The minimum Gasteiger partial charge on any atom is -0.247 e. The van der Waals surface area contributed by atoms with Gasteiger partial charge in [0.05, 0.1) is 5.83 Å². The minimum absolute atomic E-state index is 0.0220. The number of hydrogen-bond donors (Lipinski definition) is 0. The molecule has 0 radical (unpaired) electrons. The van der Waals surface area contributed by atoms with Crippen LogP contribution in [0.1, 0.15) is 71.1 Å². The van der Waals surface area contributed by atoms with Crippen LogP contribution in [0, 0.1) is 35.5 Å². The summed E-state index contributed by atoms with van der Waals surface area (Å²) in [6, 6.07) is 0. The first-order valence-electron chi connectivity index (χ1n) is 10.8. The van der Waals surface area contributed by atoms with E-state index in [1.807, 2.05) is 0 Å². The molecule has 0 spiro atoms. The van der Waals surface area contributed by atoms with E-state index in [1.54, 1.807) is 13.0 Å². The summed E-state index contributed by atoms with van der Waals surface area (Å²) in [5.41, 5.74) is 0. The smallest absolute Gasteiger partial charge is 0.106 e. The Morgan fingerprint density at radius 2 is 1.31 bits per heavy atom. The predicted molar refractivity (Wildman–Crippen MR) is 102 cm³/mol. The molecule has 0 aromatic heterocycles. The highest BCUT2D eigenvalue weighted by Crippen LogP contribution is 2.44. The average molecular weight is 369 g/mol. The second-order valence-corrected chi connectivity index (χ2v) is 9.20. The van der Waals surface area contributed by atoms with Crippen LogP contribution in [0.15, 0.2) is 24.6 Å². The molecule has 3 rings (SSSR count). The van der Waals surface area contributed by atoms with Crippen LogP contribution < -0.4 is 0 Å². The fraction of sp³-hybridized carbons (Fsp3) is 0.826. The molecule has 0 aromatic carbocycles. The van der Waals surface area contributed by atoms with Crippen molar-refractivity contribution in [2.45, 2.75) is 83.5 Å². The van der Waals surface area contributed by atoms with Crippen molar-refractivity contribution in [2.24, 2.45) is 35.5 Å². The lowest BCUT2D eigenvalue weighted by atomic mass is 9.69. The number of hydrogen-bond acceptors (Lipinski definition) is 0. The monoisotopic (exact) mass is 368 g/mol. The summed E-state index contributed by atoms with van der Waals surface area (Å²) in [7, 11) is 0. The van der Waals surface area contributed by atoms with Crippen molar-refractivity contribution in [1.82, 2.24) is 0 Å². The van der Waals surface area contributed by atoms with Crippen molar-refractivity contribution in [3.8, 4) is 0 Å². The van der Waals surface area contributed by atoms with E-state index in [9.17, 15) is 13.2 Å². The number of halogens is 3. The van der Waals surface area contributed by atoms with Gasteiger partial charge in [-0.15, -0.1) is 6.58 Å². The van der Waals surface area contributed by atoms with Crippen LogP contribution in [0.4, 0.5) is 13.2 Å². The molecule has 0 aromatic rings. The summed E-state index contributed by atoms with van der Waals surface area (Å²) in [4.78, 5) is 0. The third kappa shape index (κ3) is 4.75. The molecule has 0 N–H and O–H groups in total. The van der Waals surface area contributed by atoms with Crippen LogP contribution in [0.25, 0.3) is 0 Å². The molecule has 0 nitrogen and oxygen atoms in total. The van der Waals surface area contributed by atoms with Crippen LogP contribution in [0.3, 0.4) is 0 Å². The van der Waals surface area contributed by atoms with Crippen molar-refractivity contribution in [2.75, 3.05) is 0 Å². The van der Waals surface area contributed by atoms with Gasteiger partial charge in [-0.1, -0.05) is 13.0 Å². The van der Waals surface area contributed by atoms with Gasteiger partial charge in [-0.05, 0) is 94.0 Å². The van der Waals surface area contributed by atoms with E-state index in [0.29, 0.717) is 5.92 Å². The highest BCUT2D eigenvalue weighted by molar-refractivity contribution is 5.05. The summed E-state index contributed by atoms with van der Waals surface area (Å²) in [6.45, 7) is 5.54. The van der Waals surface area contributed by atoms with Crippen molar-refractivity contribution in [3.05, 3.63) is 24.6 Å². The van der Waals surface area contributed by atoms with Gasteiger partial charge >= 0.3 is 0 Å². The minimum atomic E-state index is -1.14. The highest BCUT2D eigenvalue weighted by atomic mass is 19.1. The van der Waals surface area contributed by atoms with E-state index in [0.717, 1.165) is 37.5 Å². The average Bonchev–Trinajstić information content (AvgIpc) is 2.66. The van der Waals surface area contributed by atoms with Gasteiger partial charge in [0.15, 0.2) is 0 Å². The van der Waals surface area contributed by atoms with E-state index in [4.69, 9.17) is 0 Å². The molecule has 0 bridgehead atoms. The standard InChI is InChI=1S/C23H35F3/c1-3-16-4-6-18(7-5-16)19-8-10-20(11-9-19)23(26)14-17-12-21(24)15(2)22(25)13-17/h3,14-22H,1,4-13H2,2H3/b23-14-. The molecule has 3 heteroatoms. The Balaban J connectivity index is 1.47. The van der Waals surface area contributed by atoms with Gasteiger partial charge in [0.1, 0.15) is 12.3 Å². The van der Waals surface area contributed by atoms with Gasteiger partial charge in [-0.3, -0.25) is 0 Å². The highest BCUT2D eigenvalue weighted by Gasteiger charge is 2.36. The van der Waals surface area contributed by atoms with Crippen LogP contribution in [-0.2, 0) is 0 Å². The second kappa shape index (κ2) is 8.97. The predicted octanol–water partition coefficient (Wildman–Crippen LogP) is 7.36. The van der Waals surface area contributed by atoms with Gasteiger partial charge < -0.3 is 0 Å². The Bertz CT molecular complexity index is 472. The molecule has 3 aliphatic rings. The Morgan fingerprint density at radius 1 is 0.808 bits per heavy atom. The van der Waals surface area contributed by atoms with E-state index >= 15 is 0 Å². The van der Waals surface area contributed by atoms with Crippen LogP contribution in [0.5, 0.6) is 0 Å². The van der Waals surface area contributed by atoms with Crippen molar-refractivity contribution in [3.63, 3.8) is 0 Å². The molecule has 2 unspecified atom stereocenters. The zero-order valence-corrected chi connectivity index (χ0v) is 16.2. The maximum absolute atomic E-state index is 14.7. The molecule has 0 amide bonds. The molecule has 3 fully saturated rings. The maximum Gasteiger partial charge on any atom is 0.106 e. The molecule has 3 aliphatic carbocycles. The largest absolute Gasteiger partial charge is 0.247 e. The second-order valence-electron chi connectivity index (χ2n) is 9.20. The molecule has 0 saturated heterocycles. The van der Waals surface area contributed by atoms with Gasteiger partial charge in [-0.25, -0.2) is 13.2 Å². The van der Waals surface area contributed by atoms with Crippen LogP contribution >= 0.6 is 0 Å². The summed E-state index contributed by atoms with van der Waals surface area (Å²) in [5, 5.41) is 0. The Kier molecular flexibility index (Phi) is 6.91. The Morgan fingerprint density at radius 3 is 1.81 bits per heavy atom. The van der Waals surface area contributed by atoms with E-state index < -0.39 is 18.3 Å². The molecule has 0 aliphatic heterocycles. The molecular formula is C23H35F3. The molecule has 148 valence electrons. The molecule has 26 heavy (non-hydrogen) atoms. The first-order valence-corrected chi connectivity index (χ1v) is 10.8. The fourth-order valence-corrected chi connectivity index (χ4v) is 5.55. The van der Waals surface area contributed by atoms with E-state index in [1.165, 1.54) is 25.7 Å². The molecule has 0 heterocycles. The topological polar surface area (TPSA) is 0 Å². The lowest BCUT2D eigenvalue weighted by molar-refractivity contribution is 0.0669. The fourth-order valence-electron chi connectivity index (χ4n) is 5.55. The molecule has 2 atom stereocenters. The Labute approximate surface area is 157 Å².